The van der Waals surface area contributed by atoms with Gasteiger partial charge in [-0.1, -0.05) is 36.4 Å². The Morgan fingerprint density at radius 1 is 1.17 bits per heavy atom. The molecular formula is C23H31FN2O3. The van der Waals surface area contributed by atoms with Crippen LogP contribution in [0.3, 0.4) is 0 Å². The summed E-state index contributed by atoms with van der Waals surface area (Å²) in [5.41, 5.74) is 7.80. The van der Waals surface area contributed by atoms with E-state index in [2.05, 4.69) is 10.1 Å². The molecule has 1 heterocycles. The van der Waals surface area contributed by atoms with Gasteiger partial charge in [0.15, 0.2) is 0 Å². The van der Waals surface area contributed by atoms with Crippen molar-refractivity contribution in [2.45, 2.75) is 51.4 Å². The van der Waals surface area contributed by atoms with Crippen LogP contribution in [0.2, 0.25) is 0 Å². The van der Waals surface area contributed by atoms with Crippen molar-refractivity contribution in [1.29, 1.82) is 0 Å². The molecule has 6 heteroatoms. The van der Waals surface area contributed by atoms with E-state index >= 15 is 0 Å². The molecule has 3 rings (SSSR count). The molecule has 158 valence electrons. The van der Waals surface area contributed by atoms with Crippen molar-refractivity contribution < 1.29 is 19.0 Å². The maximum atomic E-state index is 14.0. The van der Waals surface area contributed by atoms with Crippen LogP contribution in [-0.2, 0) is 21.7 Å². The Balaban J connectivity index is 0.000000370. The topological polar surface area (TPSA) is 84.6 Å². The molecule has 0 aromatic heterocycles. The minimum absolute atomic E-state index is 0.259. The van der Waals surface area contributed by atoms with Crippen molar-refractivity contribution in [3.05, 3.63) is 59.4 Å². The van der Waals surface area contributed by atoms with Crippen LogP contribution in [0.1, 0.15) is 44.7 Å². The Kier molecular flexibility index (Phi) is 7.90. The number of carbonyl (C=O) groups is 1. The maximum Gasteiger partial charge on any atom is 0.293 e. The number of halogens is 1. The molecule has 0 amide bonds. The highest BCUT2D eigenvalue weighted by atomic mass is 19.1. The van der Waals surface area contributed by atoms with Crippen molar-refractivity contribution in [2.75, 3.05) is 13.1 Å². The second-order valence-electron chi connectivity index (χ2n) is 8.16. The molecule has 2 aromatic rings. The van der Waals surface area contributed by atoms with E-state index in [1.807, 2.05) is 45.0 Å². The van der Waals surface area contributed by atoms with Crippen LogP contribution in [0.4, 0.5) is 4.39 Å². The number of nitrogens with one attached hydrogen (secondary N) is 1. The van der Waals surface area contributed by atoms with Gasteiger partial charge in [0.25, 0.3) is 6.47 Å². The molecule has 29 heavy (non-hydrogen) atoms. The zero-order chi connectivity index (χ0) is 21.5. The fourth-order valence-corrected chi connectivity index (χ4v) is 3.27. The molecule has 0 unspecified atom stereocenters. The summed E-state index contributed by atoms with van der Waals surface area (Å²) in [6.45, 7) is 7.82. The van der Waals surface area contributed by atoms with Gasteiger partial charge in [0.05, 0.1) is 5.60 Å². The van der Waals surface area contributed by atoms with Crippen molar-refractivity contribution in [2.24, 2.45) is 5.73 Å². The molecule has 2 aromatic carbocycles. The predicted octanol–water partition coefficient (Wildman–Crippen LogP) is 3.48. The summed E-state index contributed by atoms with van der Waals surface area (Å²) < 4.78 is 18.6. The van der Waals surface area contributed by atoms with Gasteiger partial charge in [-0.15, -0.1) is 0 Å². The molecule has 1 aliphatic rings. The van der Waals surface area contributed by atoms with E-state index in [0.717, 1.165) is 29.8 Å². The molecule has 4 N–H and O–H groups in total. The molecule has 0 atom stereocenters. The van der Waals surface area contributed by atoms with E-state index in [0.29, 0.717) is 31.4 Å². The molecule has 0 spiro atoms. The number of ether oxygens (including phenoxy) is 1. The Morgan fingerprint density at radius 2 is 1.83 bits per heavy atom. The highest BCUT2D eigenvalue weighted by molar-refractivity contribution is 5.68. The van der Waals surface area contributed by atoms with Crippen molar-refractivity contribution in [3.8, 4) is 11.1 Å². The Bertz CT molecular complexity index is 812. The first kappa shape index (κ1) is 23.0. The second kappa shape index (κ2) is 9.96. The number of hydrogen-bond donors (Lipinski definition) is 3. The first-order valence-electron chi connectivity index (χ1n) is 9.83. The van der Waals surface area contributed by atoms with Gasteiger partial charge >= 0.3 is 0 Å². The number of hydrogen-bond acceptors (Lipinski definition) is 5. The smallest absolute Gasteiger partial charge is 0.293 e. The first-order chi connectivity index (χ1) is 13.7. The number of piperidine rings is 1. The summed E-state index contributed by atoms with van der Waals surface area (Å²) in [7, 11) is 0. The van der Waals surface area contributed by atoms with Crippen molar-refractivity contribution in [1.82, 2.24) is 5.32 Å². The third kappa shape index (κ3) is 6.35. The minimum Gasteiger partial charge on any atom is -0.462 e. The summed E-state index contributed by atoms with van der Waals surface area (Å²) >= 11 is 0. The first-order valence-corrected chi connectivity index (χ1v) is 9.83. The molecule has 0 bridgehead atoms. The van der Waals surface area contributed by atoms with E-state index in [9.17, 15) is 14.3 Å². The number of aliphatic hydroxyl groups is 1. The zero-order valence-electron chi connectivity index (χ0n) is 17.4. The van der Waals surface area contributed by atoms with E-state index in [1.165, 1.54) is 6.07 Å². The highest BCUT2D eigenvalue weighted by Crippen LogP contribution is 2.34. The lowest BCUT2D eigenvalue weighted by atomic mass is 9.83. The van der Waals surface area contributed by atoms with Gasteiger partial charge in [-0.05, 0) is 69.5 Å². The average Bonchev–Trinajstić information content (AvgIpc) is 2.68. The van der Waals surface area contributed by atoms with E-state index in [4.69, 9.17) is 5.73 Å². The van der Waals surface area contributed by atoms with Crippen LogP contribution in [0.5, 0.6) is 0 Å². The number of carbonyl (C=O) groups excluding carboxylic acids is 1. The second-order valence-corrected chi connectivity index (χ2v) is 8.16. The lowest BCUT2D eigenvalue weighted by Gasteiger charge is -2.33. The number of nitrogens with two attached hydrogens (primary N) is 1. The lowest BCUT2D eigenvalue weighted by Crippen LogP contribution is -2.39. The fraction of sp³-hybridized carbons (Fsp3) is 0.435. The third-order valence-corrected chi connectivity index (χ3v) is 4.86. The molecule has 1 aliphatic heterocycles. The van der Waals surface area contributed by atoms with E-state index in [1.54, 1.807) is 12.1 Å². The van der Waals surface area contributed by atoms with Gasteiger partial charge in [-0.3, -0.25) is 4.79 Å². The van der Waals surface area contributed by atoms with Crippen LogP contribution in [0.15, 0.2) is 42.5 Å². The van der Waals surface area contributed by atoms with E-state index < -0.39 is 5.60 Å². The lowest BCUT2D eigenvalue weighted by molar-refractivity contribution is -0.138. The van der Waals surface area contributed by atoms with Crippen LogP contribution >= 0.6 is 0 Å². The predicted molar refractivity (Wildman–Crippen MR) is 113 cm³/mol. The average molecular weight is 403 g/mol. The van der Waals surface area contributed by atoms with Crippen molar-refractivity contribution >= 4 is 6.47 Å². The van der Waals surface area contributed by atoms with Crippen LogP contribution in [-0.4, -0.2) is 30.3 Å². The molecule has 1 fully saturated rings. The minimum atomic E-state index is -0.817. The standard InChI is InChI=1S/C18H21FN2O.C5H10O2/c19-17-4-2-1-3-16(17)15-6-5-14(11-13(15)12-20)18(22)7-9-21-10-8-18;1-5(2,3)7-4-6/h1-6,11,21-22H,7-10,12,20H2;4H,1-3H3. The Hall–Kier alpha value is -2.28. The highest BCUT2D eigenvalue weighted by Gasteiger charge is 2.31. The quantitative estimate of drug-likeness (QED) is 0.682. The third-order valence-electron chi connectivity index (χ3n) is 4.86. The number of benzene rings is 2. The summed E-state index contributed by atoms with van der Waals surface area (Å²) in [6.07, 6.45) is 1.35. The fourth-order valence-electron chi connectivity index (χ4n) is 3.27. The van der Waals surface area contributed by atoms with Crippen molar-refractivity contribution in [3.63, 3.8) is 0 Å². The van der Waals surface area contributed by atoms with Crippen LogP contribution < -0.4 is 11.1 Å². The summed E-state index contributed by atoms with van der Waals surface area (Å²) in [5.74, 6) is -0.259. The molecule has 5 nitrogen and oxygen atoms in total. The molecule has 0 saturated carbocycles. The Morgan fingerprint density at radius 3 is 2.34 bits per heavy atom. The molecule has 0 radical (unpaired) electrons. The van der Waals surface area contributed by atoms with Crippen LogP contribution in [0.25, 0.3) is 11.1 Å². The maximum absolute atomic E-state index is 14.0. The van der Waals surface area contributed by atoms with Crippen LogP contribution in [0, 0.1) is 5.82 Å². The molecule has 1 saturated heterocycles. The summed E-state index contributed by atoms with van der Waals surface area (Å²) in [4.78, 5) is 9.60. The molecular weight excluding hydrogens is 371 g/mol. The van der Waals surface area contributed by atoms with Gasteiger partial charge in [-0.2, -0.15) is 0 Å². The number of rotatable bonds is 4. The van der Waals surface area contributed by atoms with Gasteiger partial charge in [0, 0.05) is 12.1 Å². The zero-order valence-corrected chi connectivity index (χ0v) is 17.4. The Labute approximate surface area is 172 Å². The molecule has 0 aliphatic carbocycles. The van der Waals surface area contributed by atoms with Gasteiger partial charge in [-0.25, -0.2) is 4.39 Å². The largest absolute Gasteiger partial charge is 0.462 e. The summed E-state index contributed by atoms with van der Waals surface area (Å²) in [5, 5.41) is 14.1. The monoisotopic (exact) mass is 402 g/mol. The summed E-state index contributed by atoms with van der Waals surface area (Å²) in [6, 6.07) is 12.4. The van der Waals surface area contributed by atoms with Gasteiger partial charge in [0.2, 0.25) is 0 Å². The van der Waals surface area contributed by atoms with E-state index in [-0.39, 0.29) is 11.4 Å². The normalized spacial score (nSPS) is 15.8. The van der Waals surface area contributed by atoms with Gasteiger partial charge < -0.3 is 20.9 Å². The van der Waals surface area contributed by atoms with Gasteiger partial charge in [0.1, 0.15) is 11.4 Å². The SMILES string of the molecule is CC(C)(C)OC=O.NCc1cc(C2(O)CCNCC2)ccc1-c1ccccc1F.